The third-order valence-corrected chi connectivity index (χ3v) is 7.92. The predicted molar refractivity (Wildman–Crippen MR) is 166 cm³/mol. The van der Waals surface area contributed by atoms with Crippen LogP contribution < -0.4 is 14.8 Å². The van der Waals surface area contributed by atoms with Crippen LogP contribution in [0.4, 0.5) is 9.18 Å². The van der Waals surface area contributed by atoms with Gasteiger partial charge in [-0.15, -0.1) is 0 Å². The van der Waals surface area contributed by atoms with Crippen LogP contribution in [0.15, 0.2) is 66.7 Å². The lowest BCUT2D eigenvalue weighted by Gasteiger charge is -2.43. The first kappa shape index (κ1) is 32.7. The maximum atomic E-state index is 15.0. The minimum Gasteiger partial charge on any atom is -0.497 e. The van der Waals surface area contributed by atoms with Gasteiger partial charge in [-0.05, 0) is 69.2 Å². The Balaban J connectivity index is 1.76. The summed E-state index contributed by atoms with van der Waals surface area (Å²) in [6.07, 6.45) is -0.546. The number of benzene rings is 3. The van der Waals surface area contributed by atoms with Gasteiger partial charge in [-0.1, -0.05) is 36.4 Å². The molecular formula is C35H41FN2O6. The zero-order valence-corrected chi connectivity index (χ0v) is 26.2. The Morgan fingerprint density at radius 3 is 1.89 bits per heavy atom. The first-order valence-corrected chi connectivity index (χ1v) is 14.7. The highest BCUT2D eigenvalue weighted by atomic mass is 19.1. The summed E-state index contributed by atoms with van der Waals surface area (Å²) >= 11 is 0. The molecule has 8 nitrogen and oxygen atoms in total. The van der Waals surface area contributed by atoms with Crippen LogP contribution in [0.2, 0.25) is 0 Å². The van der Waals surface area contributed by atoms with Crippen LogP contribution in [0.25, 0.3) is 0 Å². The van der Waals surface area contributed by atoms with Crippen molar-refractivity contribution in [1.82, 2.24) is 10.2 Å². The molecule has 3 aromatic rings. The van der Waals surface area contributed by atoms with E-state index in [1.165, 1.54) is 20.3 Å². The van der Waals surface area contributed by atoms with Crippen molar-refractivity contribution in [3.8, 4) is 11.5 Å². The quantitative estimate of drug-likeness (QED) is 0.281. The van der Waals surface area contributed by atoms with Gasteiger partial charge in [-0.2, -0.15) is 0 Å². The molecule has 1 aliphatic heterocycles. The van der Waals surface area contributed by atoms with Crippen LogP contribution in [0.5, 0.6) is 11.5 Å². The first-order chi connectivity index (χ1) is 20.9. The molecule has 3 aromatic carbocycles. The number of alkyl carbamates (subject to hydrolysis) is 1. The molecule has 3 atom stereocenters. The molecule has 0 bridgehead atoms. The molecule has 1 fully saturated rings. The fraction of sp³-hybridized carbons (Fsp3) is 0.400. The summed E-state index contributed by atoms with van der Waals surface area (Å²) in [7, 11) is 3.07. The van der Waals surface area contributed by atoms with Crippen molar-refractivity contribution in [3.05, 3.63) is 94.8 Å². The molecule has 0 saturated carbocycles. The van der Waals surface area contributed by atoms with Crippen molar-refractivity contribution in [2.75, 3.05) is 40.4 Å². The van der Waals surface area contributed by atoms with Crippen LogP contribution in [0.3, 0.4) is 0 Å². The average molecular weight is 605 g/mol. The van der Waals surface area contributed by atoms with Gasteiger partial charge in [0.2, 0.25) is 0 Å². The summed E-state index contributed by atoms with van der Waals surface area (Å²) in [5, 5.41) is 2.77. The molecule has 44 heavy (non-hydrogen) atoms. The number of nitrogens with zero attached hydrogens (tertiary/aromatic N) is 1. The van der Waals surface area contributed by atoms with Gasteiger partial charge in [-0.25, -0.2) is 9.18 Å². The predicted octanol–water partition coefficient (Wildman–Crippen LogP) is 6.07. The lowest BCUT2D eigenvalue weighted by molar-refractivity contribution is 0.0478. The molecule has 1 amide bonds. The van der Waals surface area contributed by atoms with E-state index >= 15 is 4.39 Å². The van der Waals surface area contributed by atoms with E-state index in [1.54, 1.807) is 88.4 Å². The van der Waals surface area contributed by atoms with E-state index in [0.717, 1.165) is 0 Å². The Morgan fingerprint density at radius 1 is 0.864 bits per heavy atom. The van der Waals surface area contributed by atoms with Crippen LogP contribution in [0, 0.1) is 24.6 Å². The van der Waals surface area contributed by atoms with E-state index < -0.39 is 35.3 Å². The minimum absolute atomic E-state index is 0.175. The number of carbonyl (C=O) groups is 3. The van der Waals surface area contributed by atoms with Crippen LogP contribution in [-0.4, -0.2) is 68.6 Å². The zero-order chi connectivity index (χ0) is 32.0. The normalized spacial score (nSPS) is 18.8. The summed E-state index contributed by atoms with van der Waals surface area (Å²) in [6.45, 7) is 8.27. The molecule has 0 radical (unpaired) electrons. The summed E-state index contributed by atoms with van der Waals surface area (Å²) in [5.41, 5.74) is 1.26. The first-order valence-electron chi connectivity index (χ1n) is 14.7. The number of hydrogen-bond acceptors (Lipinski definition) is 7. The van der Waals surface area contributed by atoms with E-state index in [9.17, 15) is 14.4 Å². The number of methoxy groups -OCH3 is 2. The Kier molecular flexibility index (Phi) is 10.4. The molecule has 4 rings (SSSR count). The van der Waals surface area contributed by atoms with Gasteiger partial charge < -0.3 is 24.4 Å². The topological polar surface area (TPSA) is 94.2 Å². The molecule has 1 aliphatic rings. The van der Waals surface area contributed by atoms with Gasteiger partial charge >= 0.3 is 6.09 Å². The third-order valence-electron chi connectivity index (χ3n) is 7.92. The summed E-state index contributed by atoms with van der Waals surface area (Å²) in [4.78, 5) is 43.0. The SMILES string of the molecule is COc1cccc(C(=O)[C@H]2CN(CCNC(=O)OC(C)(C)C)C[C@@H](C(=O)c3cccc(OC)c3)C2c2cccc(F)c2C)c1. The van der Waals surface area contributed by atoms with Gasteiger partial charge in [0, 0.05) is 55.1 Å². The molecule has 1 N–H and O–H groups in total. The fourth-order valence-corrected chi connectivity index (χ4v) is 5.84. The van der Waals surface area contributed by atoms with Gasteiger partial charge in [0.1, 0.15) is 22.9 Å². The van der Waals surface area contributed by atoms with E-state index in [4.69, 9.17) is 14.2 Å². The Hall–Kier alpha value is -4.24. The number of amides is 1. The molecule has 1 saturated heterocycles. The summed E-state index contributed by atoms with van der Waals surface area (Å²) in [6, 6.07) is 18.6. The molecule has 234 valence electrons. The molecule has 1 unspecified atom stereocenters. The number of carbonyl (C=O) groups excluding carboxylic acids is 3. The van der Waals surface area contributed by atoms with Gasteiger partial charge in [0.05, 0.1) is 14.2 Å². The van der Waals surface area contributed by atoms with E-state index in [0.29, 0.717) is 53.4 Å². The van der Waals surface area contributed by atoms with Crippen LogP contribution in [0.1, 0.15) is 58.5 Å². The van der Waals surface area contributed by atoms with Crippen molar-refractivity contribution in [1.29, 1.82) is 0 Å². The number of halogens is 1. The lowest BCUT2D eigenvalue weighted by atomic mass is 9.67. The number of likely N-dealkylation sites (tertiary alicyclic amines) is 1. The van der Waals surface area contributed by atoms with Crippen LogP contribution >= 0.6 is 0 Å². The molecule has 0 spiro atoms. The maximum absolute atomic E-state index is 15.0. The molecule has 1 heterocycles. The smallest absolute Gasteiger partial charge is 0.407 e. The zero-order valence-electron chi connectivity index (χ0n) is 26.2. The maximum Gasteiger partial charge on any atom is 0.407 e. The van der Waals surface area contributed by atoms with Gasteiger partial charge in [0.25, 0.3) is 0 Å². The summed E-state index contributed by atoms with van der Waals surface area (Å²) in [5.74, 6) is -1.68. The molecule has 0 aromatic heterocycles. The number of ketones is 2. The highest BCUT2D eigenvalue weighted by Gasteiger charge is 2.45. The standard InChI is InChI=1S/C35H41FN2O6/c1-22-27(14-9-15-30(22)36)31-28(32(39)23-10-7-12-25(18-23)42-5)20-38(17-16-37-34(41)44-35(2,3)4)21-29(31)33(40)24-11-8-13-26(19-24)43-6/h7-15,18-19,28-29,31H,16-17,20-21H2,1-6H3,(H,37,41)/t28-,29+,31?. The minimum atomic E-state index is -0.697. The molecule has 0 aliphatic carbocycles. The van der Waals surface area contributed by atoms with Gasteiger partial charge in [-0.3, -0.25) is 9.59 Å². The lowest BCUT2D eigenvalue weighted by Crippen LogP contribution is -2.52. The Morgan fingerprint density at radius 2 is 1.39 bits per heavy atom. The van der Waals surface area contributed by atoms with Gasteiger partial charge in [0.15, 0.2) is 11.6 Å². The molecule has 9 heteroatoms. The fourth-order valence-electron chi connectivity index (χ4n) is 5.84. The monoisotopic (exact) mass is 604 g/mol. The Bertz CT molecular complexity index is 1430. The van der Waals surface area contributed by atoms with Crippen molar-refractivity contribution in [2.45, 2.75) is 39.2 Å². The second-order valence-corrected chi connectivity index (χ2v) is 12.1. The van der Waals surface area contributed by atoms with E-state index in [-0.39, 0.29) is 18.1 Å². The van der Waals surface area contributed by atoms with Crippen molar-refractivity contribution < 1.29 is 33.0 Å². The number of nitrogens with one attached hydrogen (secondary N) is 1. The highest BCUT2D eigenvalue weighted by Crippen LogP contribution is 2.42. The van der Waals surface area contributed by atoms with E-state index in [2.05, 4.69) is 5.32 Å². The Labute approximate surface area is 258 Å². The number of rotatable bonds is 10. The van der Waals surface area contributed by atoms with Crippen molar-refractivity contribution in [3.63, 3.8) is 0 Å². The second-order valence-electron chi connectivity index (χ2n) is 12.1. The number of piperidine rings is 1. The average Bonchev–Trinajstić information content (AvgIpc) is 3.00. The van der Waals surface area contributed by atoms with Crippen molar-refractivity contribution in [2.24, 2.45) is 11.8 Å². The third kappa shape index (κ3) is 7.82. The number of hydrogen-bond donors (Lipinski definition) is 1. The van der Waals surface area contributed by atoms with Crippen LogP contribution in [-0.2, 0) is 4.74 Å². The number of Topliss-reactive ketones (excluding diaryl/α,β-unsaturated/α-hetero) is 2. The van der Waals surface area contributed by atoms with E-state index in [1.807, 2.05) is 4.90 Å². The summed E-state index contributed by atoms with van der Waals surface area (Å²) < 4.78 is 31.1. The van der Waals surface area contributed by atoms with Crippen molar-refractivity contribution >= 4 is 17.7 Å². The largest absolute Gasteiger partial charge is 0.497 e. The molecular weight excluding hydrogens is 563 g/mol. The number of ether oxygens (including phenoxy) is 3. The second kappa shape index (κ2) is 14.0. The highest BCUT2D eigenvalue weighted by molar-refractivity contribution is 6.02.